The Balaban J connectivity index is 1.89. The van der Waals surface area contributed by atoms with Gasteiger partial charge in [0.1, 0.15) is 6.04 Å². The van der Waals surface area contributed by atoms with Crippen molar-refractivity contribution in [3.63, 3.8) is 0 Å². The average Bonchev–Trinajstić information content (AvgIpc) is 2.75. The van der Waals surface area contributed by atoms with Crippen LogP contribution >= 0.6 is 0 Å². The van der Waals surface area contributed by atoms with E-state index in [0.717, 1.165) is 5.56 Å². The summed E-state index contributed by atoms with van der Waals surface area (Å²) in [6.07, 6.45) is 0. The molecule has 0 fully saturated rings. The van der Waals surface area contributed by atoms with E-state index in [1.165, 1.54) is 18.8 Å². The predicted octanol–water partition coefficient (Wildman–Crippen LogP) is 2.99. The lowest BCUT2D eigenvalue weighted by Crippen LogP contribution is -2.45. The molecule has 0 saturated carbocycles. The summed E-state index contributed by atoms with van der Waals surface area (Å²) in [5.41, 5.74) is 1.51. The molecule has 1 amide bonds. The fourth-order valence-electron chi connectivity index (χ4n) is 3.62. The van der Waals surface area contributed by atoms with Gasteiger partial charge in [0.15, 0.2) is 17.3 Å². The molecule has 0 saturated heterocycles. The molecule has 0 aliphatic carbocycles. The van der Waals surface area contributed by atoms with E-state index < -0.39 is 6.04 Å². The number of methoxy groups -OCH3 is 2. The van der Waals surface area contributed by atoms with Gasteiger partial charge < -0.3 is 14.4 Å². The van der Waals surface area contributed by atoms with E-state index in [9.17, 15) is 9.59 Å². The third kappa shape index (κ3) is 2.95. The monoisotopic (exact) mass is 391 g/mol. The highest BCUT2D eigenvalue weighted by Gasteiger charge is 2.35. The molecule has 1 aliphatic heterocycles. The summed E-state index contributed by atoms with van der Waals surface area (Å²) in [7, 11) is 3.03. The fraction of sp³-hybridized carbons (Fsp3) is 0.227. The van der Waals surface area contributed by atoms with Crippen LogP contribution in [0.4, 0.5) is 0 Å². The molecule has 0 radical (unpaired) electrons. The molecule has 7 heteroatoms. The van der Waals surface area contributed by atoms with Crippen LogP contribution in [0, 0.1) is 0 Å². The van der Waals surface area contributed by atoms with Crippen molar-refractivity contribution in [2.45, 2.75) is 19.5 Å². The number of carbonyl (C=O) groups excluding carboxylic acids is 1. The Kier molecular flexibility index (Phi) is 4.58. The molecule has 7 nitrogen and oxygen atoms in total. The van der Waals surface area contributed by atoms with Crippen molar-refractivity contribution in [2.75, 3.05) is 14.2 Å². The molecule has 0 spiro atoms. The normalized spacial score (nSPS) is 16.1. The predicted molar refractivity (Wildman–Crippen MR) is 110 cm³/mol. The highest BCUT2D eigenvalue weighted by molar-refractivity contribution is 5.92. The number of fused-ring (bicyclic) bond motifs is 2. The molecular weight excluding hydrogens is 370 g/mol. The Labute approximate surface area is 167 Å². The van der Waals surface area contributed by atoms with E-state index in [-0.39, 0.29) is 11.5 Å². The van der Waals surface area contributed by atoms with Gasteiger partial charge in [0, 0.05) is 6.07 Å². The first-order chi connectivity index (χ1) is 14.0. The zero-order valence-electron chi connectivity index (χ0n) is 16.5. The number of carbonyl (C=O) groups is 1. The summed E-state index contributed by atoms with van der Waals surface area (Å²) in [4.78, 5) is 32.5. The van der Waals surface area contributed by atoms with Gasteiger partial charge in [-0.2, -0.15) is 0 Å². The van der Waals surface area contributed by atoms with Gasteiger partial charge in [-0.15, -0.1) is 0 Å². The summed E-state index contributed by atoms with van der Waals surface area (Å²) in [6, 6.07) is 12.2. The summed E-state index contributed by atoms with van der Waals surface area (Å²) >= 11 is 0. The quantitative estimate of drug-likeness (QED) is 0.684. The standard InChI is InChI=1S/C22H21N3O4/c1-13-20-23-17-11-19(29-4)18(28-3)10-16(17)22(27)25(20)14(2)21(26)24(13)12-15-8-6-5-7-9-15/h5-11,14H,1,12H2,2-4H3/t14-/m0/s1. The lowest BCUT2D eigenvalue weighted by Gasteiger charge is -2.34. The SMILES string of the molecule is C=C1c2nc3cc(OC)c(OC)cc3c(=O)n2[C@@H](C)C(=O)N1Cc1ccccc1. The average molecular weight is 391 g/mol. The van der Waals surface area contributed by atoms with Crippen molar-refractivity contribution in [1.82, 2.24) is 14.5 Å². The lowest BCUT2D eigenvalue weighted by molar-refractivity contribution is -0.132. The number of hydrogen-bond acceptors (Lipinski definition) is 5. The molecule has 0 bridgehead atoms. The Morgan fingerprint density at radius 3 is 2.38 bits per heavy atom. The summed E-state index contributed by atoms with van der Waals surface area (Å²) in [6.45, 7) is 6.13. The first-order valence-electron chi connectivity index (χ1n) is 9.19. The first-order valence-corrected chi connectivity index (χ1v) is 9.19. The van der Waals surface area contributed by atoms with E-state index in [1.807, 2.05) is 30.3 Å². The molecule has 2 heterocycles. The highest BCUT2D eigenvalue weighted by atomic mass is 16.5. The topological polar surface area (TPSA) is 73.7 Å². The third-order valence-electron chi connectivity index (χ3n) is 5.18. The maximum absolute atomic E-state index is 13.2. The smallest absolute Gasteiger partial charge is 0.262 e. The van der Waals surface area contributed by atoms with Crippen LogP contribution in [-0.4, -0.2) is 34.6 Å². The van der Waals surface area contributed by atoms with E-state index in [2.05, 4.69) is 11.6 Å². The van der Waals surface area contributed by atoms with Crippen molar-refractivity contribution in [1.29, 1.82) is 0 Å². The van der Waals surface area contributed by atoms with Crippen LogP contribution in [0.25, 0.3) is 16.6 Å². The second-order valence-electron chi connectivity index (χ2n) is 6.87. The second kappa shape index (κ2) is 7.09. The molecule has 2 aromatic carbocycles. The molecule has 1 aliphatic rings. The lowest BCUT2D eigenvalue weighted by atomic mass is 10.1. The number of ether oxygens (including phenoxy) is 2. The van der Waals surface area contributed by atoms with E-state index in [1.54, 1.807) is 24.0 Å². The fourth-order valence-corrected chi connectivity index (χ4v) is 3.62. The van der Waals surface area contributed by atoms with Crippen LogP contribution in [0.15, 0.2) is 53.8 Å². The van der Waals surface area contributed by atoms with Gasteiger partial charge in [-0.25, -0.2) is 4.98 Å². The minimum Gasteiger partial charge on any atom is -0.493 e. The number of hydrogen-bond donors (Lipinski definition) is 0. The van der Waals surface area contributed by atoms with E-state index in [4.69, 9.17) is 9.47 Å². The van der Waals surface area contributed by atoms with Crippen molar-refractivity contribution >= 4 is 22.5 Å². The van der Waals surface area contributed by atoms with E-state index >= 15 is 0 Å². The first kappa shape index (κ1) is 18.7. The summed E-state index contributed by atoms with van der Waals surface area (Å²) < 4.78 is 12.0. The van der Waals surface area contributed by atoms with Crippen LogP contribution in [0.2, 0.25) is 0 Å². The molecule has 4 rings (SSSR count). The largest absolute Gasteiger partial charge is 0.493 e. The Hall–Kier alpha value is -3.61. The van der Waals surface area contributed by atoms with Gasteiger partial charge in [-0.1, -0.05) is 36.9 Å². The minimum absolute atomic E-state index is 0.199. The third-order valence-corrected chi connectivity index (χ3v) is 5.18. The molecule has 0 N–H and O–H groups in total. The minimum atomic E-state index is -0.697. The maximum Gasteiger partial charge on any atom is 0.262 e. The van der Waals surface area contributed by atoms with Crippen molar-refractivity contribution in [2.24, 2.45) is 0 Å². The molecular formula is C22H21N3O4. The number of nitrogens with zero attached hydrogens (tertiary/aromatic N) is 3. The van der Waals surface area contributed by atoms with Crippen LogP contribution < -0.4 is 15.0 Å². The van der Waals surface area contributed by atoms with Crippen molar-refractivity contribution in [3.8, 4) is 11.5 Å². The number of rotatable bonds is 4. The van der Waals surface area contributed by atoms with Gasteiger partial charge in [0.25, 0.3) is 5.56 Å². The number of amides is 1. The van der Waals surface area contributed by atoms with Gasteiger partial charge in [-0.05, 0) is 18.6 Å². The molecule has 1 aromatic heterocycles. The second-order valence-corrected chi connectivity index (χ2v) is 6.87. The molecule has 0 unspecified atom stereocenters. The molecule has 1 atom stereocenters. The maximum atomic E-state index is 13.2. The van der Waals surface area contributed by atoms with Crippen LogP contribution in [0.1, 0.15) is 24.4 Å². The van der Waals surface area contributed by atoms with Crippen molar-refractivity contribution in [3.05, 3.63) is 70.8 Å². The van der Waals surface area contributed by atoms with Crippen LogP contribution in [-0.2, 0) is 11.3 Å². The van der Waals surface area contributed by atoms with Gasteiger partial charge in [-0.3, -0.25) is 14.2 Å². The van der Waals surface area contributed by atoms with Crippen molar-refractivity contribution < 1.29 is 14.3 Å². The van der Waals surface area contributed by atoms with Gasteiger partial charge in [0.2, 0.25) is 5.91 Å². The molecule has 3 aromatic rings. The van der Waals surface area contributed by atoms with Crippen LogP contribution in [0.3, 0.4) is 0 Å². The Morgan fingerprint density at radius 1 is 1.07 bits per heavy atom. The molecule has 29 heavy (non-hydrogen) atoms. The Bertz CT molecular complexity index is 1180. The number of aromatic nitrogens is 2. The zero-order chi connectivity index (χ0) is 20.7. The highest BCUT2D eigenvalue weighted by Crippen LogP contribution is 2.33. The van der Waals surface area contributed by atoms with E-state index in [0.29, 0.717) is 40.5 Å². The summed E-state index contributed by atoms with van der Waals surface area (Å²) in [5.74, 6) is 1.08. The zero-order valence-corrected chi connectivity index (χ0v) is 16.5. The van der Waals surface area contributed by atoms with Gasteiger partial charge in [0.05, 0.1) is 37.4 Å². The summed E-state index contributed by atoms with van der Waals surface area (Å²) in [5, 5.41) is 0.357. The van der Waals surface area contributed by atoms with Crippen LogP contribution in [0.5, 0.6) is 11.5 Å². The number of benzene rings is 2. The van der Waals surface area contributed by atoms with Gasteiger partial charge >= 0.3 is 0 Å². The molecule has 148 valence electrons. The Morgan fingerprint density at radius 2 is 1.72 bits per heavy atom.